The topological polar surface area (TPSA) is 108 Å². The van der Waals surface area contributed by atoms with E-state index in [0.29, 0.717) is 12.1 Å². The number of carboxylic acids is 1. The molecule has 7 nitrogen and oxygen atoms in total. The highest BCUT2D eigenvalue weighted by molar-refractivity contribution is 6.10. The molecule has 5 aromatic carbocycles. The molecule has 0 spiro atoms. The van der Waals surface area contributed by atoms with Crippen molar-refractivity contribution in [2.24, 2.45) is 0 Å². The van der Waals surface area contributed by atoms with E-state index in [9.17, 15) is 14.7 Å². The fourth-order valence-electron chi connectivity index (χ4n) is 4.80. The molecule has 210 valence electrons. The average Bonchev–Trinajstić information content (AvgIpc) is 3.00. The number of hydrogen-bond acceptors (Lipinski definition) is 5. The van der Waals surface area contributed by atoms with Crippen molar-refractivity contribution in [3.63, 3.8) is 0 Å². The number of amides is 1. The molecule has 5 aromatic rings. The number of carbonyl (C=O) groups is 2. The zero-order chi connectivity index (χ0) is 29.3. The van der Waals surface area contributed by atoms with E-state index in [0.717, 1.165) is 40.0 Å². The highest BCUT2D eigenvalue weighted by Crippen LogP contribution is 2.26. The molecule has 0 aliphatic rings. The van der Waals surface area contributed by atoms with Crippen LogP contribution in [0.3, 0.4) is 0 Å². The monoisotopic (exact) mass is 558 g/mol. The summed E-state index contributed by atoms with van der Waals surface area (Å²) in [6, 6.07) is 37.8. The van der Waals surface area contributed by atoms with Crippen molar-refractivity contribution >= 4 is 28.9 Å². The number of benzene rings is 5. The molecule has 1 amide bonds. The van der Waals surface area contributed by atoms with Crippen molar-refractivity contribution in [1.82, 2.24) is 0 Å². The van der Waals surface area contributed by atoms with E-state index in [2.05, 4.69) is 27.7 Å². The molecule has 0 saturated carbocycles. The van der Waals surface area contributed by atoms with Gasteiger partial charge >= 0.3 is 5.97 Å². The zero-order valence-corrected chi connectivity index (χ0v) is 22.8. The van der Waals surface area contributed by atoms with E-state index in [1.54, 1.807) is 42.5 Å². The van der Waals surface area contributed by atoms with Crippen molar-refractivity contribution in [3.8, 4) is 0 Å². The van der Waals surface area contributed by atoms with Gasteiger partial charge in [-0.2, -0.15) is 0 Å². The zero-order valence-electron chi connectivity index (χ0n) is 22.8. The molecule has 0 atom stereocenters. The molecule has 42 heavy (non-hydrogen) atoms. The summed E-state index contributed by atoms with van der Waals surface area (Å²) in [5, 5.41) is 25.0. The first kappa shape index (κ1) is 28.3. The quantitative estimate of drug-likeness (QED) is 0.0985. The predicted molar refractivity (Wildman–Crippen MR) is 163 cm³/mol. The molecule has 4 N–H and O–H groups in total. The molecule has 0 fully saturated rings. The Bertz CT molecular complexity index is 1670. The maximum absolute atomic E-state index is 13.0. The Labute approximate surface area is 244 Å². The summed E-state index contributed by atoms with van der Waals surface area (Å²) in [7, 11) is 0. The van der Waals surface area contributed by atoms with Gasteiger partial charge in [-0.25, -0.2) is 9.68 Å². The van der Waals surface area contributed by atoms with Gasteiger partial charge in [-0.3, -0.25) is 10.1 Å². The van der Waals surface area contributed by atoms with Crippen LogP contribution in [-0.2, 0) is 24.3 Å². The Morgan fingerprint density at radius 1 is 0.619 bits per heavy atom. The number of rotatable bonds is 11. The van der Waals surface area contributed by atoms with Crippen LogP contribution < -0.4 is 10.6 Å². The van der Waals surface area contributed by atoms with Crippen molar-refractivity contribution < 1.29 is 24.8 Å². The van der Waals surface area contributed by atoms with E-state index in [1.165, 1.54) is 5.56 Å². The molecule has 0 heterocycles. The van der Waals surface area contributed by atoms with Gasteiger partial charge in [0.1, 0.15) is 6.61 Å². The van der Waals surface area contributed by atoms with Crippen molar-refractivity contribution in [2.45, 2.75) is 19.4 Å². The summed E-state index contributed by atoms with van der Waals surface area (Å²) in [5.74, 6) is -1.66. The van der Waals surface area contributed by atoms with Crippen LogP contribution in [0.25, 0.3) is 0 Å². The number of carboxylic acid groups (broad SMARTS) is 1. The molecule has 0 unspecified atom stereocenters. The average molecular weight is 559 g/mol. The standard InChI is InChI=1S/C35H30N2O5/c38-34(31-17-11-27(22-32(31)35(39)40)20-25-9-5-2-6-10-25)37-30-15-13-29(14-16-30)36-33-18-12-26(21-28(33)23-42-41)19-24-7-3-1-4-8-24/h1-18,21-22,36,41H,19-20,23H2,(H,37,38)(H,39,40). The number of aromatic carboxylic acids is 1. The maximum Gasteiger partial charge on any atom is 0.336 e. The van der Waals surface area contributed by atoms with Gasteiger partial charge in [-0.1, -0.05) is 78.9 Å². The second-order valence-electron chi connectivity index (χ2n) is 9.93. The third-order valence-corrected chi connectivity index (χ3v) is 6.87. The first-order chi connectivity index (χ1) is 20.5. The number of nitrogens with one attached hydrogen (secondary N) is 2. The lowest BCUT2D eigenvalue weighted by atomic mass is 9.98. The second-order valence-corrected chi connectivity index (χ2v) is 9.93. The molecule has 0 saturated heterocycles. The van der Waals surface area contributed by atoms with Crippen molar-refractivity contribution in [2.75, 3.05) is 10.6 Å². The number of anilines is 3. The summed E-state index contributed by atoms with van der Waals surface area (Å²) in [4.78, 5) is 29.5. The summed E-state index contributed by atoms with van der Waals surface area (Å²) in [6.07, 6.45) is 1.33. The summed E-state index contributed by atoms with van der Waals surface area (Å²) < 4.78 is 0. The highest BCUT2D eigenvalue weighted by Gasteiger charge is 2.18. The van der Waals surface area contributed by atoms with Crippen LogP contribution in [0.5, 0.6) is 0 Å². The molecular formula is C35H30N2O5. The smallest absolute Gasteiger partial charge is 0.336 e. The van der Waals surface area contributed by atoms with Crippen molar-refractivity contribution in [3.05, 3.63) is 160 Å². The Morgan fingerprint density at radius 2 is 1.19 bits per heavy atom. The summed E-state index contributed by atoms with van der Waals surface area (Å²) in [5.41, 5.74) is 7.03. The van der Waals surface area contributed by atoms with Crippen LogP contribution in [0, 0.1) is 0 Å². The molecule has 5 rings (SSSR count). The van der Waals surface area contributed by atoms with E-state index < -0.39 is 11.9 Å². The van der Waals surface area contributed by atoms with Gasteiger partial charge in [0.2, 0.25) is 0 Å². The SMILES string of the molecule is O=C(O)c1cc(Cc2ccccc2)ccc1C(=O)Nc1ccc(Nc2ccc(Cc3ccccc3)cc2COO)cc1. The van der Waals surface area contributed by atoms with Gasteiger partial charge in [-0.05, 0) is 77.6 Å². The minimum Gasteiger partial charge on any atom is -0.478 e. The summed E-state index contributed by atoms with van der Waals surface area (Å²) >= 11 is 0. The molecule has 0 radical (unpaired) electrons. The minimum atomic E-state index is -1.16. The van der Waals surface area contributed by atoms with Gasteiger partial charge in [0.15, 0.2) is 0 Å². The lowest BCUT2D eigenvalue weighted by Crippen LogP contribution is -2.17. The molecule has 0 aliphatic heterocycles. The van der Waals surface area contributed by atoms with Crippen LogP contribution in [-0.4, -0.2) is 22.2 Å². The minimum absolute atomic E-state index is 0.0230. The molecule has 0 aliphatic carbocycles. The number of hydrogen-bond donors (Lipinski definition) is 4. The van der Waals surface area contributed by atoms with E-state index in [1.807, 2.05) is 66.7 Å². The Kier molecular flexibility index (Phi) is 9.03. The largest absolute Gasteiger partial charge is 0.478 e. The van der Waals surface area contributed by atoms with E-state index in [-0.39, 0.29) is 17.7 Å². The lowest BCUT2D eigenvalue weighted by Gasteiger charge is -2.14. The van der Waals surface area contributed by atoms with Gasteiger partial charge in [0, 0.05) is 22.6 Å². The van der Waals surface area contributed by atoms with E-state index >= 15 is 0 Å². The molecule has 0 aromatic heterocycles. The normalized spacial score (nSPS) is 10.7. The highest BCUT2D eigenvalue weighted by atomic mass is 17.1. The van der Waals surface area contributed by atoms with E-state index in [4.69, 9.17) is 5.26 Å². The Morgan fingerprint density at radius 3 is 1.79 bits per heavy atom. The van der Waals surface area contributed by atoms with Gasteiger partial charge in [-0.15, -0.1) is 0 Å². The number of carbonyl (C=O) groups excluding carboxylic acids is 1. The fraction of sp³-hybridized carbons (Fsp3) is 0.0857. The fourth-order valence-corrected chi connectivity index (χ4v) is 4.80. The van der Waals surface area contributed by atoms with Gasteiger partial charge < -0.3 is 15.7 Å². The van der Waals surface area contributed by atoms with Gasteiger partial charge in [0.25, 0.3) is 5.91 Å². The second kappa shape index (κ2) is 13.4. The van der Waals surface area contributed by atoms with Gasteiger partial charge in [0.05, 0.1) is 11.1 Å². The molecule has 7 heteroatoms. The lowest BCUT2D eigenvalue weighted by molar-refractivity contribution is -0.252. The summed E-state index contributed by atoms with van der Waals surface area (Å²) in [6.45, 7) is 0.0230. The third-order valence-electron chi connectivity index (χ3n) is 6.87. The van der Waals surface area contributed by atoms with Crippen LogP contribution in [0.1, 0.15) is 48.5 Å². The van der Waals surface area contributed by atoms with Crippen molar-refractivity contribution in [1.29, 1.82) is 0 Å². The molecule has 0 bridgehead atoms. The van der Waals surface area contributed by atoms with Crippen LogP contribution in [0.4, 0.5) is 17.1 Å². The first-order valence-electron chi connectivity index (χ1n) is 13.5. The first-order valence-corrected chi connectivity index (χ1v) is 13.5. The maximum atomic E-state index is 13.0. The van der Waals surface area contributed by atoms with Crippen LogP contribution in [0.2, 0.25) is 0 Å². The third kappa shape index (κ3) is 7.28. The van der Waals surface area contributed by atoms with Crippen LogP contribution >= 0.6 is 0 Å². The predicted octanol–water partition coefficient (Wildman–Crippen LogP) is 7.55. The van der Waals surface area contributed by atoms with Crippen LogP contribution in [0.15, 0.2) is 121 Å². The Balaban J connectivity index is 1.26. The molecular weight excluding hydrogens is 528 g/mol. The Hall–Kier alpha value is -5.24.